The van der Waals surface area contributed by atoms with Crippen molar-refractivity contribution in [1.82, 2.24) is 30.2 Å². The summed E-state index contributed by atoms with van der Waals surface area (Å²) in [6.45, 7) is 5.11. The van der Waals surface area contributed by atoms with Crippen LogP contribution in [0.4, 0.5) is 28.0 Å². The Labute approximate surface area is 285 Å². The number of hydrogen-bond donors (Lipinski definition) is 3. The summed E-state index contributed by atoms with van der Waals surface area (Å²) < 4.78 is 63.8. The lowest BCUT2D eigenvalue weighted by Gasteiger charge is -2.29. The van der Waals surface area contributed by atoms with E-state index in [9.17, 15) is 36.7 Å². The molecule has 0 saturated heterocycles. The van der Waals surface area contributed by atoms with E-state index in [2.05, 4.69) is 31.0 Å². The van der Waals surface area contributed by atoms with Crippen LogP contribution in [-0.4, -0.2) is 61.6 Å². The number of carbonyl (C=O) groups is 3. The first-order valence-electron chi connectivity index (χ1n) is 16.2. The minimum atomic E-state index is -4.85. The number of halogens is 4. The summed E-state index contributed by atoms with van der Waals surface area (Å²) in [5.74, 6) is -1.16. The van der Waals surface area contributed by atoms with Crippen LogP contribution in [0.3, 0.4) is 0 Å². The van der Waals surface area contributed by atoms with Gasteiger partial charge in [-0.05, 0) is 82.6 Å². The van der Waals surface area contributed by atoms with Gasteiger partial charge in [0.15, 0.2) is 5.69 Å². The van der Waals surface area contributed by atoms with Crippen molar-refractivity contribution in [3.8, 4) is 5.75 Å². The van der Waals surface area contributed by atoms with Crippen LogP contribution < -0.4 is 26.2 Å². The van der Waals surface area contributed by atoms with Crippen molar-refractivity contribution in [3.05, 3.63) is 70.4 Å². The standard InChI is InChI=1S/C33H41F4N7O6/c1-32(2,3)50-31(48)40-24-9-7-21(8-10-24)16-28(45)39-25-12-14-43(29(46)17-25)13-11-23(34)19-44-20-27(41-42-44)30(47)38-18-22-5-4-6-26(15-22)49-33(35,36)37/h4-6,12,14-15,17,20-21,23-24H,7-11,13,16,18-19H2,1-3H3,(H,38,47)(H,39,45)(H,40,48)/t21-,23?,24+. The summed E-state index contributed by atoms with van der Waals surface area (Å²) in [4.78, 5) is 49.7. The third kappa shape index (κ3) is 12.8. The van der Waals surface area contributed by atoms with E-state index in [4.69, 9.17) is 4.74 Å². The molecule has 2 aromatic heterocycles. The Hall–Kier alpha value is -4.96. The topological polar surface area (TPSA) is 158 Å². The van der Waals surface area contributed by atoms with E-state index < -0.39 is 41.4 Å². The van der Waals surface area contributed by atoms with Crippen molar-refractivity contribution >= 4 is 23.6 Å². The summed E-state index contributed by atoms with van der Waals surface area (Å²) in [5, 5.41) is 15.6. The lowest BCUT2D eigenvalue weighted by atomic mass is 9.84. The van der Waals surface area contributed by atoms with E-state index in [1.807, 2.05) is 0 Å². The number of aromatic nitrogens is 4. The fourth-order valence-corrected chi connectivity index (χ4v) is 5.42. The van der Waals surface area contributed by atoms with Crippen molar-refractivity contribution < 1.29 is 41.4 Å². The summed E-state index contributed by atoms with van der Waals surface area (Å²) in [6, 6.07) is 7.96. The summed E-state index contributed by atoms with van der Waals surface area (Å²) in [6.07, 6.45) is -0.774. The number of rotatable bonds is 13. The van der Waals surface area contributed by atoms with Gasteiger partial charge in [0.1, 0.15) is 17.5 Å². The van der Waals surface area contributed by atoms with E-state index in [1.54, 1.807) is 26.8 Å². The van der Waals surface area contributed by atoms with E-state index >= 15 is 0 Å². The third-order valence-electron chi connectivity index (χ3n) is 7.75. The van der Waals surface area contributed by atoms with Gasteiger partial charge in [-0.25, -0.2) is 13.9 Å². The number of nitrogens with zero attached hydrogens (tertiary/aromatic N) is 4. The van der Waals surface area contributed by atoms with Crippen LogP contribution in [0.25, 0.3) is 0 Å². The number of amides is 3. The fourth-order valence-electron chi connectivity index (χ4n) is 5.42. The zero-order valence-electron chi connectivity index (χ0n) is 28.0. The number of pyridine rings is 1. The first-order chi connectivity index (χ1) is 23.5. The monoisotopic (exact) mass is 707 g/mol. The minimum Gasteiger partial charge on any atom is -0.444 e. The number of benzene rings is 1. The Morgan fingerprint density at radius 2 is 1.80 bits per heavy atom. The lowest BCUT2D eigenvalue weighted by Crippen LogP contribution is -2.41. The van der Waals surface area contributed by atoms with Gasteiger partial charge in [0.05, 0.1) is 12.7 Å². The van der Waals surface area contributed by atoms with E-state index in [-0.39, 0.29) is 56.0 Å². The van der Waals surface area contributed by atoms with Crippen LogP contribution in [0.5, 0.6) is 5.75 Å². The third-order valence-corrected chi connectivity index (χ3v) is 7.75. The number of ether oxygens (including phenoxy) is 2. The molecule has 3 aromatic rings. The molecule has 17 heteroatoms. The van der Waals surface area contributed by atoms with E-state index in [0.29, 0.717) is 11.3 Å². The maximum Gasteiger partial charge on any atom is 0.573 e. The second-order valence-electron chi connectivity index (χ2n) is 13.2. The molecule has 1 fully saturated rings. The van der Waals surface area contributed by atoms with Gasteiger partial charge in [0.25, 0.3) is 11.5 Å². The molecule has 3 amide bonds. The highest BCUT2D eigenvalue weighted by molar-refractivity contribution is 5.92. The van der Waals surface area contributed by atoms with Crippen molar-refractivity contribution in [3.63, 3.8) is 0 Å². The maximum absolute atomic E-state index is 14.8. The van der Waals surface area contributed by atoms with Gasteiger partial charge < -0.3 is 30.0 Å². The van der Waals surface area contributed by atoms with Crippen LogP contribution in [0.15, 0.2) is 53.6 Å². The highest BCUT2D eigenvalue weighted by atomic mass is 19.4. The molecule has 2 heterocycles. The van der Waals surface area contributed by atoms with Gasteiger partial charge in [-0.15, -0.1) is 18.3 Å². The van der Waals surface area contributed by atoms with Gasteiger partial charge in [0.2, 0.25) is 5.91 Å². The number of anilines is 1. The zero-order chi connectivity index (χ0) is 36.5. The van der Waals surface area contributed by atoms with Crippen molar-refractivity contribution in [1.29, 1.82) is 0 Å². The smallest absolute Gasteiger partial charge is 0.444 e. The molecule has 1 aromatic carbocycles. The van der Waals surface area contributed by atoms with Crippen molar-refractivity contribution in [2.75, 3.05) is 5.32 Å². The molecule has 1 unspecified atom stereocenters. The second kappa shape index (κ2) is 16.6. The van der Waals surface area contributed by atoms with Gasteiger partial charge in [0, 0.05) is 43.5 Å². The average Bonchev–Trinajstić information content (AvgIpc) is 3.47. The number of carbonyl (C=O) groups excluding carboxylic acids is 3. The molecule has 0 bridgehead atoms. The predicted octanol–water partition coefficient (Wildman–Crippen LogP) is 5.11. The SMILES string of the molecule is CC(C)(C)OC(=O)N[C@H]1CC[C@@H](CC(=O)Nc2ccn(CCC(F)Cn3cc(C(=O)NCc4cccc(OC(F)(F)F)c4)nn3)c(=O)c2)CC1. The Kier molecular flexibility index (Phi) is 12.6. The van der Waals surface area contributed by atoms with Crippen LogP contribution in [-0.2, 0) is 29.2 Å². The summed E-state index contributed by atoms with van der Waals surface area (Å²) in [7, 11) is 0. The quantitative estimate of drug-likeness (QED) is 0.207. The molecular formula is C33H41F4N7O6. The highest BCUT2D eigenvalue weighted by Gasteiger charge is 2.31. The molecule has 0 aliphatic heterocycles. The molecule has 0 spiro atoms. The first-order valence-corrected chi connectivity index (χ1v) is 16.2. The van der Waals surface area contributed by atoms with Crippen LogP contribution in [0.1, 0.15) is 75.3 Å². The largest absolute Gasteiger partial charge is 0.573 e. The van der Waals surface area contributed by atoms with Crippen LogP contribution in [0.2, 0.25) is 0 Å². The highest BCUT2D eigenvalue weighted by Crippen LogP contribution is 2.28. The molecule has 1 aliphatic carbocycles. The molecular weight excluding hydrogens is 666 g/mol. The molecule has 0 radical (unpaired) electrons. The van der Waals surface area contributed by atoms with Gasteiger partial charge in [-0.1, -0.05) is 17.3 Å². The second-order valence-corrected chi connectivity index (χ2v) is 13.2. The number of alkyl carbamates (subject to hydrolysis) is 1. The molecule has 4 rings (SSSR count). The molecule has 1 aliphatic rings. The molecule has 1 saturated carbocycles. The Morgan fingerprint density at radius 1 is 1.06 bits per heavy atom. The number of nitrogens with one attached hydrogen (secondary N) is 3. The molecule has 13 nitrogen and oxygen atoms in total. The van der Waals surface area contributed by atoms with E-state index in [1.165, 1.54) is 35.2 Å². The zero-order valence-corrected chi connectivity index (χ0v) is 28.0. The normalized spacial score (nSPS) is 17.0. The Bertz CT molecular complexity index is 1680. The lowest BCUT2D eigenvalue weighted by molar-refractivity contribution is -0.274. The number of hydrogen-bond acceptors (Lipinski definition) is 8. The maximum atomic E-state index is 14.8. The minimum absolute atomic E-state index is 0.00148. The Balaban J connectivity index is 1.16. The van der Waals surface area contributed by atoms with Crippen LogP contribution in [0, 0.1) is 5.92 Å². The fraction of sp³-hybridized carbons (Fsp3) is 0.515. The summed E-state index contributed by atoms with van der Waals surface area (Å²) in [5.41, 5.74) is -0.416. The van der Waals surface area contributed by atoms with Crippen molar-refractivity contribution in [2.45, 2.75) is 103 Å². The predicted molar refractivity (Wildman–Crippen MR) is 173 cm³/mol. The van der Waals surface area contributed by atoms with Gasteiger partial charge in [-0.2, -0.15) is 0 Å². The van der Waals surface area contributed by atoms with Crippen LogP contribution >= 0.6 is 0 Å². The van der Waals surface area contributed by atoms with E-state index in [0.717, 1.165) is 42.5 Å². The average molecular weight is 708 g/mol. The molecule has 50 heavy (non-hydrogen) atoms. The van der Waals surface area contributed by atoms with Crippen molar-refractivity contribution in [2.24, 2.45) is 5.92 Å². The number of aryl methyl sites for hydroxylation is 1. The summed E-state index contributed by atoms with van der Waals surface area (Å²) >= 11 is 0. The Morgan fingerprint density at radius 3 is 2.48 bits per heavy atom. The first kappa shape index (κ1) is 37.9. The molecule has 1 atom stereocenters. The number of alkyl halides is 4. The van der Waals surface area contributed by atoms with Gasteiger partial charge >= 0.3 is 12.5 Å². The molecule has 272 valence electrons. The van der Waals surface area contributed by atoms with Gasteiger partial charge in [-0.3, -0.25) is 14.4 Å². The molecule has 3 N–H and O–H groups in total.